The predicted octanol–water partition coefficient (Wildman–Crippen LogP) is 2.90. The Hall–Kier alpha value is -2.69. The van der Waals surface area contributed by atoms with Gasteiger partial charge in [-0.2, -0.15) is 0 Å². The van der Waals surface area contributed by atoms with Crippen molar-refractivity contribution >= 4 is 44.6 Å². The molecule has 1 atom stereocenters. The van der Waals surface area contributed by atoms with Crippen molar-refractivity contribution in [2.45, 2.75) is 25.6 Å². The average Bonchev–Trinajstić information content (AvgIpc) is 2.78. The molecule has 2 aromatic carbocycles. The maximum atomic E-state index is 13.2. The van der Waals surface area contributed by atoms with Gasteiger partial charge in [0.25, 0.3) is 5.91 Å². The molecule has 0 saturated carbocycles. The van der Waals surface area contributed by atoms with E-state index in [0.29, 0.717) is 23.5 Å². The number of benzene rings is 2. The molecule has 2 amide bonds. The molecule has 0 unspecified atom stereocenters. The molecule has 2 aromatic rings. The molecule has 0 radical (unpaired) electrons. The standard InChI is InChI=1S/C23H28ClFN4O4S/c1-3-29(4-2)10-9-26-22(30)15-6-8-19-20(11-15)28-23(31)21(27-19)14-34(32,33)13-16-5-7-17(25)12-18(16)24/h5-8,11-12,21,27H,3-4,9-10,13-14H2,1-2H3,(H,26,30)(H,28,31)/t21-/m1/s1. The summed E-state index contributed by atoms with van der Waals surface area (Å²) in [5, 5.41) is 8.47. The fourth-order valence-electron chi connectivity index (χ4n) is 3.66. The van der Waals surface area contributed by atoms with Crippen LogP contribution in [0.4, 0.5) is 15.8 Å². The van der Waals surface area contributed by atoms with E-state index >= 15 is 0 Å². The lowest BCUT2D eigenvalue weighted by atomic mass is 10.1. The molecule has 11 heteroatoms. The van der Waals surface area contributed by atoms with Crippen molar-refractivity contribution in [3.05, 3.63) is 58.4 Å². The highest BCUT2D eigenvalue weighted by atomic mass is 35.5. The minimum absolute atomic E-state index is 0.0119. The molecule has 34 heavy (non-hydrogen) atoms. The van der Waals surface area contributed by atoms with Crippen LogP contribution < -0.4 is 16.0 Å². The van der Waals surface area contributed by atoms with E-state index in [-0.39, 0.29) is 16.5 Å². The number of carbonyl (C=O) groups excluding carboxylic acids is 2. The summed E-state index contributed by atoms with van der Waals surface area (Å²) >= 11 is 5.94. The Morgan fingerprint density at radius 1 is 1.15 bits per heavy atom. The summed E-state index contributed by atoms with van der Waals surface area (Å²) in [6, 6.07) is 7.26. The molecule has 184 valence electrons. The average molecular weight is 511 g/mol. The maximum Gasteiger partial charge on any atom is 0.251 e. The molecule has 1 aliphatic heterocycles. The van der Waals surface area contributed by atoms with Crippen LogP contribution in [0.25, 0.3) is 0 Å². The van der Waals surface area contributed by atoms with Crippen molar-refractivity contribution < 1.29 is 22.4 Å². The first-order valence-electron chi connectivity index (χ1n) is 11.0. The fourth-order valence-corrected chi connectivity index (χ4v) is 5.56. The van der Waals surface area contributed by atoms with Gasteiger partial charge in [-0.25, -0.2) is 12.8 Å². The maximum absolute atomic E-state index is 13.2. The van der Waals surface area contributed by atoms with Crippen molar-refractivity contribution in [2.24, 2.45) is 0 Å². The molecule has 3 N–H and O–H groups in total. The molecule has 0 aliphatic carbocycles. The van der Waals surface area contributed by atoms with E-state index in [9.17, 15) is 22.4 Å². The largest absolute Gasteiger partial charge is 0.371 e. The first-order valence-corrected chi connectivity index (χ1v) is 13.2. The van der Waals surface area contributed by atoms with Crippen LogP contribution in [0, 0.1) is 5.82 Å². The molecule has 0 bridgehead atoms. The first kappa shape index (κ1) is 25.9. The van der Waals surface area contributed by atoms with Gasteiger partial charge in [0.15, 0.2) is 9.84 Å². The van der Waals surface area contributed by atoms with Gasteiger partial charge in [-0.05, 0) is 49.0 Å². The second kappa shape index (κ2) is 11.2. The third-order valence-corrected chi connectivity index (χ3v) is 7.55. The zero-order chi connectivity index (χ0) is 24.9. The Morgan fingerprint density at radius 3 is 2.56 bits per heavy atom. The van der Waals surface area contributed by atoms with Crippen LogP contribution in [0.3, 0.4) is 0 Å². The van der Waals surface area contributed by atoms with Crippen LogP contribution in [0.15, 0.2) is 36.4 Å². The number of carbonyl (C=O) groups is 2. The van der Waals surface area contributed by atoms with Gasteiger partial charge in [-0.1, -0.05) is 31.5 Å². The van der Waals surface area contributed by atoms with Crippen molar-refractivity contribution in [3.63, 3.8) is 0 Å². The van der Waals surface area contributed by atoms with Crippen LogP contribution in [-0.2, 0) is 20.4 Å². The number of sulfone groups is 1. The van der Waals surface area contributed by atoms with Gasteiger partial charge in [0.2, 0.25) is 5.91 Å². The molecule has 0 aromatic heterocycles. The number of halogens is 2. The second-order valence-corrected chi connectivity index (χ2v) is 10.5. The summed E-state index contributed by atoms with van der Waals surface area (Å²) in [5.74, 6) is -2.24. The molecular formula is C23H28ClFN4O4S. The summed E-state index contributed by atoms with van der Waals surface area (Å²) in [6.07, 6.45) is 0. The van der Waals surface area contributed by atoms with Gasteiger partial charge in [-0.15, -0.1) is 0 Å². The van der Waals surface area contributed by atoms with Crippen LogP contribution in [0.1, 0.15) is 29.8 Å². The van der Waals surface area contributed by atoms with Gasteiger partial charge in [0.05, 0.1) is 22.9 Å². The summed E-state index contributed by atoms with van der Waals surface area (Å²) in [7, 11) is -3.75. The summed E-state index contributed by atoms with van der Waals surface area (Å²) in [6.45, 7) is 7.15. The van der Waals surface area contributed by atoms with Crippen LogP contribution in [0.2, 0.25) is 5.02 Å². The number of nitrogens with one attached hydrogen (secondary N) is 3. The normalized spacial score (nSPS) is 15.4. The smallest absolute Gasteiger partial charge is 0.251 e. The monoisotopic (exact) mass is 510 g/mol. The third-order valence-electron chi connectivity index (χ3n) is 5.60. The van der Waals surface area contributed by atoms with E-state index in [1.165, 1.54) is 6.07 Å². The van der Waals surface area contributed by atoms with Gasteiger partial charge in [0.1, 0.15) is 11.9 Å². The Balaban J connectivity index is 1.63. The topological polar surface area (TPSA) is 108 Å². The van der Waals surface area contributed by atoms with E-state index in [0.717, 1.165) is 31.8 Å². The van der Waals surface area contributed by atoms with E-state index in [1.807, 2.05) is 0 Å². The van der Waals surface area contributed by atoms with E-state index in [1.54, 1.807) is 18.2 Å². The van der Waals surface area contributed by atoms with Gasteiger partial charge in [-0.3, -0.25) is 9.59 Å². The van der Waals surface area contributed by atoms with Gasteiger partial charge in [0, 0.05) is 23.7 Å². The SMILES string of the molecule is CCN(CC)CCNC(=O)c1ccc2c(c1)NC(=O)[C@@H](CS(=O)(=O)Cc1ccc(F)cc1Cl)N2. The highest BCUT2D eigenvalue weighted by Crippen LogP contribution is 2.29. The van der Waals surface area contributed by atoms with Gasteiger partial charge < -0.3 is 20.9 Å². The molecule has 1 heterocycles. The molecule has 8 nitrogen and oxygen atoms in total. The summed E-state index contributed by atoms with van der Waals surface area (Å²) < 4.78 is 38.6. The zero-order valence-corrected chi connectivity index (χ0v) is 20.6. The number of anilines is 2. The third kappa shape index (κ3) is 6.68. The molecular weight excluding hydrogens is 483 g/mol. The lowest BCUT2D eigenvalue weighted by molar-refractivity contribution is -0.116. The number of hydrogen-bond acceptors (Lipinski definition) is 6. The van der Waals surface area contributed by atoms with E-state index in [2.05, 4.69) is 34.7 Å². The van der Waals surface area contributed by atoms with Crippen molar-refractivity contribution in [1.29, 1.82) is 0 Å². The number of fused-ring (bicyclic) bond motifs is 1. The molecule has 0 saturated heterocycles. The fraction of sp³-hybridized carbons (Fsp3) is 0.391. The highest BCUT2D eigenvalue weighted by molar-refractivity contribution is 7.90. The summed E-state index contributed by atoms with van der Waals surface area (Å²) in [5.41, 5.74) is 1.56. The Labute approximate surface area is 203 Å². The second-order valence-electron chi connectivity index (χ2n) is 8.02. The van der Waals surface area contributed by atoms with Gasteiger partial charge >= 0.3 is 0 Å². The van der Waals surface area contributed by atoms with Crippen LogP contribution >= 0.6 is 11.6 Å². The quantitative estimate of drug-likeness (QED) is 0.453. The van der Waals surface area contributed by atoms with Crippen molar-refractivity contribution in [2.75, 3.05) is 42.6 Å². The number of hydrogen-bond donors (Lipinski definition) is 3. The lowest BCUT2D eigenvalue weighted by Crippen LogP contribution is -2.43. The molecule has 1 aliphatic rings. The Kier molecular flexibility index (Phi) is 8.51. The lowest BCUT2D eigenvalue weighted by Gasteiger charge is -2.27. The Morgan fingerprint density at radius 2 is 1.88 bits per heavy atom. The molecule has 0 fully saturated rings. The number of nitrogens with zero attached hydrogens (tertiary/aromatic N) is 1. The van der Waals surface area contributed by atoms with E-state index in [4.69, 9.17) is 11.6 Å². The summed E-state index contributed by atoms with van der Waals surface area (Å²) in [4.78, 5) is 27.2. The first-order chi connectivity index (χ1) is 16.1. The van der Waals surface area contributed by atoms with Crippen molar-refractivity contribution in [1.82, 2.24) is 10.2 Å². The molecule has 3 rings (SSSR count). The van der Waals surface area contributed by atoms with Crippen LogP contribution in [-0.4, -0.2) is 63.1 Å². The minimum atomic E-state index is -3.75. The van der Waals surface area contributed by atoms with E-state index < -0.39 is 39.1 Å². The number of likely N-dealkylation sites (N-methyl/N-ethyl adjacent to an activating group) is 1. The Bertz CT molecular complexity index is 1170. The predicted molar refractivity (Wildman–Crippen MR) is 132 cm³/mol. The number of rotatable bonds is 10. The zero-order valence-electron chi connectivity index (χ0n) is 19.0. The van der Waals surface area contributed by atoms with Crippen molar-refractivity contribution in [3.8, 4) is 0 Å². The minimum Gasteiger partial charge on any atom is -0.371 e. The molecule has 0 spiro atoms. The van der Waals surface area contributed by atoms with Crippen LogP contribution in [0.5, 0.6) is 0 Å². The highest BCUT2D eigenvalue weighted by Gasteiger charge is 2.31. The number of amides is 2.